The van der Waals surface area contributed by atoms with E-state index in [4.69, 9.17) is 4.98 Å². The van der Waals surface area contributed by atoms with Crippen molar-refractivity contribution in [3.8, 4) is 0 Å². The van der Waals surface area contributed by atoms with Gasteiger partial charge in [0.1, 0.15) is 5.82 Å². The van der Waals surface area contributed by atoms with Gasteiger partial charge in [-0.3, -0.25) is 0 Å². The molecule has 1 aliphatic heterocycles. The molecule has 0 aliphatic carbocycles. The molecule has 3 nitrogen and oxygen atoms in total. The summed E-state index contributed by atoms with van der Waals surface area (Å²) in [6.45, 7) is 3.53. The summed E-state index contributed by atoms with van der Waals surface area (Å²) in [6, 6.07) is 19.3. The van der Waals surface area contributed by atoms with Crippen LogP contribution in [0.25, 0.3) is 11.0 Å². The Bertz CT molecular complexity index is 806. The molecule has 0 N–H and O–H groups in total. The van der Waals surface area contributed by atoms with Crippen molar-refractivity contribution in [2.45, 2.75) is 25.2 Å². The van der Waals surface area contributed by atoms with Gasteiger partial charge in [0.05, 0.1) is 11.0 Å². The number of likely N-dealkylation sites (tertiary alicyclic amines) is 1. The topological polar surface area (TPSA) is 21.1 Å². The van der Waals surface area contributed by atoms with Crippen LogP contribution in [0.5, 0.6) is 0 Å². The Morgan fingerprint density at radius 2 is 1.83 bits per heavy atom. The molecule has 1 fully saturated rings. The number of fused-ring (bicyclic) bond motifs is 1. The highest BCUT2D eigenvalue weighted by molar-refractivity contribution is 5.75. The molecule has 1 aromatic heterocycles. The van der Waals surface area contributed by atoms with Crippen molar-refractivity contribution >= 4 is 11.0 Å². The van der Waals surface area contributed by atoms with E-state index < -0.39 is 0 Å². The lowest BCUT2D eigenvalue weighted by Crippen LogP contribution is -2.22. The maximum Gasteiger partial charge on any atom is 0.114 e. The van der Waals surface area contributed by atoms with Crippen molar-refractivity contribution in [1.29, 1.82) is 0 Å². The first-order valence-electron chi connectivity index (χ1n) is 8.99. The van der Waals surface area contributed by atoms with Crippen LogP contribution in [0.1, 0.15) is 30.1 Å². The summed E-state index contributed by atoms with van der Waals surface area (Å²) < 4.78 is 2.29. The normalized spacial score (nSPS) is 18.5. The number of aryl methyl sites for hydroxylation is 2. The molecule has 2 aromatic carbocycles. The van der Waals surface area contributed by atoms with E-state index >= 15 is 0 Å². The third-order valence-electron chi connectivity index (χ3n) is 5.24. The fourth-order valence-electron chi connectivity index (χ4n) is 3.93. The summed E-state index contributed by atoms with van der Waals surface area (Å²) in [4.78, 5) is 7.50. The number of aromatic nitrogens is 2. The first-order chi connectivity index (χ1) is 11.8. The van der Waals surface area contributed by atoms with Gasteiger partial charge in [-0.15, -0.1) is 0 Å². The Labute approximate surface area is 143 Å². The summed E-state index contributed by atoms with van der Waals surface area (Å²) in [5, 5.41) is 0. The first-order valence-corrected chi connectivity index (χ1v) is 8.99. The van der Waals surface area contributed by atoms with Gasteiger partial charge in [-0.05, 0) is 50.0 Å². The van der Waals surface area contributed by atoms with Crippen LogP contribution in [0.2, 0.25) is 0 Å². The smallest absolute Gasteiger partial charge is 0.114 e. The quantitative estimate of drug-likeness (QED) is 0.709. The Morgan fingerprint density at radius 1 is 1.04 bits per heavy atom. The molecule has 1 saturated heterocycles. The first kappa shape index (κ1) is 15.4. The van der Waals surface area contributed by atoms with Gasteiger partial charge in [-0.2, -0.15) is 0 Å². The van der Waals surface area contributed by atoms with Crippen LogP contribution >= 0.6 is 0 Å². The highest BCUT2D eigenvalue weighted by Crippen LogP contribution is 2.28. The third-order valence-corrected chi connectivity index (χ3v) is 5.24. The molecule has 3 aromatic rings. The fraction of sp³-hybridized carbons (Fsp3) is 0.381. The van der Waals surface area contributed by atoms with Crippen LogP contribution in [-0.2, 0) is 13.5 Å². The van der Waals surface area contributed by atoms with E-state index in [9.17, 15) is 0 Å². The molecular formula is C21H25N3. The van der Waals surface area contributed by atoms with Gasteiger partial charge >= 0.3 is 0 Å². The molecule has 1 aliphatic rings. The van der Waals surface area contributed by atoms with E-state index in [0.29, 0.717) is 5.92 Å². The number of para-hydroxylation sites is 2. The number of rotatable bonds is 5. The minimum atomic E-state index is 0.569. The number of nitrogens with zero attached hydrogens (tertiary/aromatic N) is 3. The van der Waals surface area contributed by atoms with Crippen molar-refractivity contribution in [2.75, 3.05) is 19.6 Å². The lowest BCUT2D eigenvalue weighted by atomic mass is 10.1. The molecule has 24 heavy (non-hydrogen) atoms. The van der Waals surface area contributed by atoms with Gasteiger partial charge < -0.3 is 9.47 Å². The average molecular weight is 319 g/mol. The molecule has 4 rings (SSSR count). The van der Waals surface area contributed by atoms with E-state index in [1.165, 1.54) is 49.3 Å². The van der Waals surface area contributed by atoms with Crippen LogP contribution < -0.4 is 0 Å². The number of hydrogen-bond donors (Lipinski definition) is 0. The van der Waals surface area contributed by atoms with Gasteiger partial charge in [0, 0.05) is 19.5 Å². The highest BCUT2D eigenvalue weighted by atomic mass is 15.2. The monoisotopic (exact) mass is 319 g/mol. The molecule has 0 radical (unpaired) electrons. The molecule has 2 heterocycles. The van der Waals surface area contributed by atoms with Gasteiger partial charge in [0.15, 0.2) is 0 Å². The second kappa shape index (κ2) is 6.78. The van der Waals surface area contributed by atoms with Gasteiger partial charge in [-0.25, -0.2) is 4.98 Å². The zero-order valence-corrected chi connectivity index (χ0v) is 14.4. The third kappa shape index (κ3) is 3.09. The van der Waals surface area contributed by atoms with Gasteiger partial charge in [-0.1, -0.05) is 42.5 Å². The number of benzene rings is 2. The lowest BCUT2D eigenvalue weighted by molar-refractivity contribution is 0.328. The molecule has 124 valence electrons. The van der Waals surface area contributed by atoms with Crippen molar-refractivity contribution in [2.24, 2.45) is 7.05 Å². The van der Waals surface area contributed by atoms with E-state index in [-0.39, 0.29) is 0 Å². The largest absolute Gasteiger partial charge is 0.331 e. The predicted octanol–water partition coefficient (Wildman–Crippen LogP) is 4.00. The number of imidazole rings is 1. The summed E-state index contributed by atoms with van der Waals surface area (Å²) in [5.41, 5.74) is 3.82. The van der Waals surface area contributed by atoms with E-state index in [1.54, 1.807) is 0 Å². The Hall–Kier alpha value is -2.13. The molecule has 0 saturated carbocycles. The van der Waals surface area contributed by atoms with Crippen LogP contribution in [0.3, 0.4) is 0 Å². The second-order valence-electron chi connectivity index (χ2n) is 6.89. The molecule has 3 heteroatoms. The van der Waals surface area contributed by atoms with Gasteiger partial charge in [0.25, 0.3) is 0 Å². The number of hydrogen-bond acceptors (Lipinski definition) is 2. The average Bonchev–Trinajstić information content (AvgIpc) is 3.21. The molecule has 0 spiro atoms. The molecular weight excluding hydrogens is 294 g/mol. The van der Waals surface area contributed by atoms with Crippen LogP contribution in [-0.4, -0.2) is 34.1 Å². The Kier molecular flexibility index (Phi) is 4.35. The zero-order chi connectivity index (χ0) is 16.4. The maximum absolute atomic E-state index is 4.89. The summed E-state index contributed by atoms with van der Waals surface area (Å²) >= 11 is 0. The van der Waals surface area contributed by atoms with Crippen molar-refractivity contribution in [3.63, 3.8) is 0 Å². The molecule has 1 unspecified atom stereocenters. The van der Waals surface area contributed by atoms with E-state index in [1.807, 2.05) is 0 Å². The highest BCUT2D eigenvalue weighted by Gasteiger charge is 2.27. The van der Waals surface area contributed by atoms with Crippen molar-refractivity contribution in [3.05, 3.63) is 66.0 Å². The molecule has 0 bridgehead atoms. The predicted molar refractivity (Wildman–Crippen MR) is 99.3 cm³/mol. The van der Waals surface area contributed by atoms with Crippen LogP contribution in [0.4, 0.5) is 0 Å². The van der Waals surface area contributed by atoms with Crippen molar-refractivity contribution < 1.29 is 0 Å². The van der Waals surface area contributed by atoms with Crippen molar-refractivity contribution in [1.82, 2.24) is 14.5 Å². The van der Waals surface area contributed by atoms with E-state index in [2.05, 4.69) is 71.1 Å². The van der Waals surface area contributed by atoms with Gasteiger partial charge in [0.2, 0.25) is 0 Å². The molecule has 0 amide bonds. The minimum Gasteiger partial charge on any atom is -0.331 e. The minimum absolute atomic E-state index is 0.569. The Balaban J connectivity index is 1.36. The summed E-state index contributed by atoms with van der Waals surface area (Å²) in [7, 11) is 2.16. The second-order valence-corrected chi connectivity index (χ2v) is 6.89. The van der Waals surface area contributed by atoms with E-state index in [0.717, 1.165) is 12.1 Å². The molecule has 1 atom stereocenters. The Morgan fingerprint density at radius 3 is 2.67 bits per heavy atom. The standard InChI is InChI=1S/C21H25N3/c1-23-20-12-6-5-11-19(20)22-21(23)18-13-15-24(16-18)14-7-10-17-8-3-2-4-9-17/h2-6,8-9,11-12,18H,7,10,13-16H2,1H3. The summed E-state index contributed by atoms with van der Waals surface area (Å²) in [5.74, 6) is 1.82. The SMILES string of the molecule is Cn1c(C2CCN(CCCc3ccccc3)C2)nc2ccccc21. The fourth-order valence-corrected chi connectivity index (χ4v) is 3.93. The van der Waals surface area contributed by atoms with Crippen LogP contribution in [0, 0.1) is 0 Å². The lowest BCUT2D eigenvalue weighted by Gasteiger charge is -2.16. The van der Waals surface area contributed by atoms with Crippen LogP contribution in [0.15, 0.2) is 54.6 Å². The summed E-state index contributed by atoms with van der Waals surface area (Å²) in [6.07, 6.45) is 3.63. The zero-order valence-electron chi connectivity index (χ0n) is 14.4. The maximum atomic E-state index is 4.89.